The number of halogens is 4. The van der Waals surface area contributed by atoms with Crippen LogP contribution in [0.15, 0.2) is 65.6 Å². The molecule has 0 fully saturated rings. The van der Waals surface area contributed by atoms with Crippen LogP contribution in [0.1, 0.15) is 5.56 Å². The summed E-state index contributed by atoms with van der Waals surface area (Å²) >= 11 is 5.52. The minimum atomic E-state index is -4.74. The molecule has 3 aromatic rings. The van der Waals surface area contributed by atoms with Crippen LogP contribution < -0.4 is 4.72 Å². The molecule has 0 saturated carbocycles. The third-order valence-electron chi connectivity index (χ3n) is 3.56. The average Bonchev–Trinajstić information content (AvgIpc) is 2.53. The smallest absolute Gasteiger partial charge is 0.280 e. The molecular weight excluding hydrogens is 375 g/mol. The Hall–Kier alpha value is -2.25. The lowest BCUT2D eigenvalue weighted by molar-refractivity contribution is -0.137. The van der Waals surface area contributed by atoms with E-state index < -0.39 is 31.7 Å². The van der Waals surface area contributed by atoms with Crippen molar-refractivity contribution in [1.29, 1.82) is 0 Å². The third-order valence-corrected chi connectivity index (χ3v) is 5.26. The first-order chi connectivity index (χ1) is 11.7. The van der Waals surface area contributed by atoms with Gasteiger partial charge in [0.15, 0.2) is 0 Å². The Morgan fingerprint density at radius 2 is 1.56 bits per heavy atom. The largest absolute Gasteiger partial charge is 0.417 e. The molecule has 0 unspecified atom stereocenters. The number of benzene rings is 3. The molecule has 0 heterocycles. The molecule has 8 heteroatoms. The number of sulfonamides is 1. The Bertz CT molecular complexity index is 1050. The van der Waals surface area contributed by atoms with Crippen LogP contribution in [0.4, 0.5) is 18.9 Å². The van der Waals surface area contributed by atoms with Gasteiger partial charge in [-0.15, -0.1) is 0 Å². The van der Waals surface area contributed by atoms with Crippen molar-refractivity contribution in [1.82, 2.24) is 0 Å². The van der Waals surface area contributed by atoms with Gasteiger partial charge < -0.3 is 0 Å². The molecule has 0 aliphatic rings. The second-order valence-corrected chi connectivity index (χ2v) is 7.40. The van der Waals surface area contributed by atoms with Crippen LogP contribution in [-0.2, 0) is 16.2 Å². The molecule has 0 atom stereocenters. The first kappa shape index (κ1) is 17.6. The van der Waals surface area contributed by atoms with E-state index in [9.17, 15) is 21.6 Å². The molecule has 3 rings (SSSR count). The predicted octanol–water partition coefficient (Wildman–Crippen LogP) is 5.31. The van der Waals surface area contributed by atoms with Gasteiger partial charge in [0.1, 0.15) is 0 Å². The summed E-state index contributed by atoms with van der Waals surface area (Å²) in [6.45, 7) is 0. The van der Waals surface area contributed by atoms with E-state index >= 15 is 0 Å². The van der Waals surface area contributed by atoms with E-state index in [1.54, 1.807) is 30.3 Å². The van der Waals surface area contributed by atoms with Crippen LogP contribution in [0, 0.1) is 0 Å². The zero-order valence-corrected chi connectivity index (χ0v) is 14.1. The zero-order chi connectivity index (χ0) is 18.2. The summed E-state index contributed by atoms with van der Waals surface area (Å²) in [4.78, 5) is -0.516. The van der Waals surface area contributed by atoms with E-state index in [0.29, 0.717) is 6.07 Å². The molecule has 25 heavy (non-hydrogen) atoms. The number of hydrogen-bond acceptors (Lipinski definition) is 2. The van der Waals surface area contributed by atoms with Crippen LogP contribution in [-0.4, -0.2) is 8.42 Å². The first-order valence-corrected chi connectivity index (χ1v) is 8.91. The van der Waals surface area contributed by atoms with Crippen LogP contribution in [0.3, 0.4) is 0 Å². The van der Waals surface area contributed by atoms with Gasteiger partial charge in [-0.1, -0.05) is 41.9 Å². The number of nitrogens with one attached hydrogen (secondary N) is 1. The van der Waals surface area contributed by atoms with Crippen molar-refractivity contribution in [3.05, 3.63) is 71.2 Å². The number of hydrogen-bond donors (Lipinski definition) is 1. The summed E-state index contributed by atoms with van der Waals surface area (Å²) in [5.74, 6) is 0. The fourth-order valence-corrected chi connectivity index (χ4v) is 3.66. The van der Waals surface area contributed by atoms with Gasteiger partial charge >= 0.3 is 6.18 Å². The number of alkyl halides is 3. The Morgan fingerprint density at radius 1 is 0.880 bits per heavy atom. The lowest BCUT2D eigenvalue weighted by atomic mass is 10.1. The molecule has 0 spiro atoms. The Kier molecular flexibility index (Phi) is 4.38. The van der Waals surface area contributed by atoms with E-state index in [1.165, 1.54) is 0 Å². The van der Waals surface area contributed by atoms with Crippen LogP contribution in [0.2, 0.25) is 5.02 Å². The van der Waals surface area contributed by atoms with Crippen molar-refractivity contribution in [3.63, 3.8) is 0 Å². The van der Waals surface area contributed by atoms with Gasteiger partial charge in [0.25, 0.3) is 10.0 Å². The van der Waals surface area contributed by atoms with Gasteiger partial charge in [-0.05, 0) is 41.1 Å². The Morgan fingerprint density at radius 3 is 2.24 bits per heavy atom. The van der Waals surface area contributed by atoms with Crippen molar-refractivity contribution in [2.24, 2.45) is 0 Å². The normalized spacial score (nSPS) is 12.3. The molecule has 3 aromatic carbocycles. The maximum absolute atomic E-state index is 12.9. The number of anilines is 1. The fourth-order valence-electron chi connectivity index (χ4n) is 2.36. The van der Waals surface area contributed by atoms with E-state index in [1.807, 2.05) is 12.1 Å². The predicted molar refractivity (Wildman–Crippen MR) is 91.2 cm³/mol. The summed E-state index contributed by atoms with van der Waals surface area (Å²) < 4.78 is 65.9. The van der Waals surface area contributed by atoms with E-state index in [2.05, 4.69) is 4.72 Å². The molecule has 130 valence electrons. The molecule has 0 bridgehead atoms. The third kappa shape index (κ3) is 3.72. The van der Waals surface area contributed by atoms with Crippen LogP contribution in [0.5, 0.6) is 0 Å². The summed E-state index contributed by atoms with van der Waals surface area (Å²) in [6.07, 6.45) is -4.74. The fraction of sp³-hybridized carbons (Fsp3) is 0.0588. The quantitative estimate of drug-likeness (QED) is 0.663. The van der Waals surface area contributed by atoms with Crippen LogP contribution >= 0.6 is 11.6 Å². The SMILES string of the molecule is O=S(=O)(Nc1ccc2ccccc2c1)c1ccc(Cl)c(C(F)(F)F)c1. The Labute approximate surface area is 147 Å². The summed E-state index contributed by atoms with van der Waals surface area (Å²) in [7, 11) is -4.19. The molecule has 0 aromatic heterocycles. The topological polar surface area (TPSA) is 46.2 Å². The molecule has 0 radical (unpaired) electrons. The molecule has 0 aliphatic carbocycles. The van der Waals surface area contributed by atoms with Crippen LogP contribution in [0.25, 0.3) is 10.8 Å². The zero-order valence-electron chi connectivity index (χ0n) is 12.5. The molecular formula is C17H11ClF3NO2S. The number of rotatable bonds is 3. The second-order valence-electron chi connectivity index (χ2n) is 5.31. The van der Waals surface area contributed by atoms with E-state index in [0.717, 1.165) is 22.9 Å². The average molecular weight is 386 g/mol. The monoisotopic (exact) mass is 385 g/mol. The lowest BCUT2D eigenvalue weighted by Gasteiger charge is -2.13. The molecule has 0 aliphatic heterocycles. The van der Waals surface area contributed by atoms with Gasteiger partial charge in [-0.25, -0.2) is 8.42 Å². The molecule has 0 amide bonds. The van der Waals surface area contributed by atoms with Crippen molar-refractivity contribution in [2.45, 2.75) is 11.1 Å². The molecule has 0 saturated heterocycles. The summed E-state index contributed by atoms with van der Waals surface area (Å²) in [5, 5.41) is 1.16. The van der Waals surface area contributed by atoms with Gasteiger partial charge in [-0.3, -0.25) is 4.72 Å². The maximum Gasteiger partial charge on any atom is 0.417 e. The highest BCUT2D eigenvalue weighted by Gasteiger charge is 2.34. The second kappa shape index (κ2) is 6.24. The van der Waals surface area contributed by atoms with Crippen molar-refractivity contribution < 1.29 is 21.6 Å². The minimum absolute atomic E-state index is 0.252. The van der Waals surface area contributed by atoms with Crippen molar-refractivity contribution in [3.8, 4) is 0 Å². The highest BCUT2D eigenvalue weighted by atomic mass is 35.5. The minimum Gasteiger partial charge on any atom is -0.280 e. The van der Waals surface area contributed by atoms with Gasteiger partial charge in [0.05, 0.1) is 15.5 Å². The first-order valence-electron chi connectivity index (χ1n) is 7.05. The highest BCUT2D eigenvalue weighted by Crippen LogP contribution is 2.36. The van der Waals surface area contributed by atoms with E-state index in [4.69, 9.17) is 11.6 Å². The van der Waals surface area contributed by atoms with Crippen molar-refractivity contribution in [2.75, 3.05) is 4.72 Å². The van der Waals surface area contributed by atoms with Gasteiger partial charge in [0.2, 0.25) is 0 Å². The standard InChI is InChI=1S/C17H11ClF3NO2S/c18-16-8-7-14(10-15(16)17(19,20)21)25(23,24)22-13-6-5-11-3-1-2-4-12(11)9-13/h1-10,22H. The van der Waals surface area contributed by atoms with Gasteiger partial charge in [0, 0.05) is 5.69 Å². The number of fused-ring (bicyclic) bond motifs is 1. The lowest BCUT2D eigenvalue weighted by Crippen LogP contribution is -2.15. The molecule has 3 nitrogen and oxygen atoms in total. The maximum atomic E-state index is 12.9. The molecule has 1 N–H and O–H groups in total. The highest BCUT2D eigenvalue weighted by molar-refractivity contribution is 7.92. The Balaban J connectivity index is 1.98. The van der Waals surface area contributed by atoms with Crippen molar-refractivity contribution >= 4 is 38.1 Å². The summed E-state index contributed by atoms with van der Waals surface area (Å²) in [5.41, 5.74) is -0.947. The van der Waals surface area contributed by atoms with Gasteiger partial charge in [-0.2, -0.15) is 13.2 Å². The van der Waals surface area contributed by atoms with E-state index in [-0.39, 0.29) is 5.69 Å². The summed E-state index contributed by atoms with van der Waals surface area (Å²) in [6, 6.07) is 14.6.